The average Bonchev–Trinajstić information content (AvgIpc) is 2.54. The molecule has 2 nitrogen and oxygen atoms in total. The molecule has 100 valence electrons. The van der Waals surface area contributed by atoms with E-state index in [1.807, 2.05) is 18.2 Å². The quantitative estimate of drug-likeness (QED) is 0.848. The monoisotopic (exact) mass is 267 g/mol. The van der Waals surface area contributed by atoms with Crippen LogP contribution in [-0.2, 0) is 6.54 Å². The van der Waals surface area contributed by atoms with E-state index in [-0.39, 0.29) is 12.1 Å². The van der Waals surface area contributed by atoms with E-state index in [4.69, 9.17) is 11.6 Å². The zero-order valence-electron chi connectivity index (χ0n) is 11.0. The maximum absolute atomic E-state index is 10.2. The Balaban J connectivity index is 1.99. The van der Waals surface area contributed by atoms with E-state index in [1.54, 1.807) is 0 Å². The van der Waals surface area contributed by atoms with Crippen molar-refractivity contribution in [2.75, 3.05) is 7.05 Å². The SMILES string of the molecule is CN(Cc1cccc(Cl)c1)C1CCCCCC1O. The van der Waals surface area contributed by atoms with Crippen molar-refractivity contribution in [2.24, 2.45) is 0 Å². The lowest BCUT2D eigenvalue weighted by Crippen LogP contribution is -2.40. The smallest absolute Gasteiger partial charge is 0.0695 e. The van der Waals surface area contributed by atoms with Crippen molar-refractivity contribution in [3.8, 4) is 0 Å². The molecule has 1 saturated carbocycles. The maximum atomic E-state index is 10.2. The van der Waals surface area contributed by atoms with Crippen molar-refractivity contribution in [3.63, 3.8) is 0 Å². The molecule has 2 unspecified atom stereocenters. The summed E-state index contributed by atoms with van der Waals surface area (Å²) in [6.45, 7) is 0.849. The molecular weight excluding hydrogens is 246 g/mol. The van der Waals surface area contributed by atoms with Gasteiger partial charge in [0.25, 0.3) is 0 Å². The van der Waals surface area contributed by atoms with Gasteiger partial charge in [-0.3, -0.25) is 4.90 Å². The molecule has 3 heteroatoms. The second kappa shape index (κ2) is 6.55. The molecule has 1 N–H and O–H groups in total. The van der Waals surface area contributed by atoms with Crippen LogP contribution in [0.3, 0.4) is 0 Å². The molecule has 18 heavy (non-hydrogen) atoms. The lowest BCUT2D eigenvalue weighted by atomic mass is 10.0. The topological polar surface area (TPSA) is 23.5 Å². The number of benzene rings is 1. The van der Waals surface area contributed by atoms with Crippen LogP contribution in [0.2, 0.25) is 5.02 Å². The third kappa shape index (κ3) is 3.71. The van der Waals surface area contributed by atoms with Crippen LogP contribution in [0.4, 0.5) is 0 Å². The molecule has 1 aromatic carbocycles. The first kappa shape index (κ1) is 13.9. The maximum Gasteiger partial charge on any atom is 0.0695 e. The van der Waals surface area contributed by atoms with Crippen LogP contribution in [0.15, 0.2) is 24.3 Å². The summed E-state index contributed by atoms with van der Waals surface area (Å²) in [5.74, 6) is 0. The fourth-order valence-corrected chi connectivity index (χ4v) is 3.04. The zero-order valence-corrected chi connectivity index (χ0v) is 11.7. The first-order chi connectivity index (χ1) is 8.66. The standard InChI is InChI=1S/C15H22ClNO/c1-17(11-12-6-5-7-13(16)10-12)14-8-3-2-4-9-15(14)18/h5-7,10,14-15,18H,2-4,8-9,11H2,1H3. The fraction of sp³-hybridized carbons (Fsp3) is 0.600. The highest BCUT2D eigenvalue weighted by molar-refractivity contribution is 6.30. The van der Waals surface area contributed by atoms with Crippen LogP contribution in [0.5, 0.6) is 0 Å². The predicted octanol–water partition coefficient (Wildman–Crippen LogP) is 3.47. The van der Waals surface area contributed by atoms with E-state index in [0.717, 1.165) is 30.8 Å². The lowest BCUT2D eigenvalue weighted by molar-refractivity contribution is 0.0544. The second-order valence-corrected chi connectivity index (χ2v) is 5.75. The van der Waals surface area contributed by atoms with E-state index >= 15 is 0 Å². The van der Waals surface area contributed by atoms with E-state index in [0.29, 0.717) is 0 Å². The minimum atomic E-state index is -0.184. The number of aliphatic hydroxyl groups is 1. The third-order valence-corrected chi connectivity index (χ3v) is 4.07. The van der Waals surface area contributed by atoms with Crippen LogP contribution in [-0.4, -0.2) is 29.2 Å². The summed E-state index contributed by atoms with van der Waals surface area (Å²) >= 11 is 6.00. The first-order valence-electron chi connectivity index (χ1n) is 6.79. The van der Waals surface area contributed by atoms with Gasteiger partial charge in [0.2, 0.25) is 0 Å². The second-order valence-electron chi connectivity index (χ2n) is 5.32. The van der Waals surface area contributed by atoms with Gasteiger partial charge in [-0.05, 0) is 37.6 Å². The molecule has 1 aliphatic rings. The van der Waals surface area contributed by atoms with Crippen molar-refractivity contribution in [3.05, 3.63) is 34.9 Å². The molecule has 2 atom stereocenters. The Kier molecular flexibility index (Phi) is 5.04. The molecule has 0 spiro atoms. The highest BCUT2D eigenvalue weighted by Gasteiger charge is 2.25. The normalized spacial score (nSPS) is 25.1. The summed E-state index contributed by atoms with van der Waals surface area (Å²) in [6, 6.07) is 8.25. The highest BCUT2D eigenvalue weighted by Crippen LogP contribution is 2.23. The van der Waals surface area contributed by atoms with Crippen LogP contribution in [0, 0.1) is 0 Å². The van der Waals surface area contributed by atoms with E-state index in [1.165, 1.54) is 18.4 Å². The van der Waals surface area contributed by atoms with Crippen LogP contribution in [0.25, 0.3) is 0 Å². The molecule has 0 amide bonds. The summed E-state index contributed by atoms with van der Waals surface area (Å²) in [6.07, 6.45) is 5.47. The van der Waals surface area contributed by atoms with Crippen molar-refractivity contribution in [2.45, 2.75) is 50.8 Å². The third-order valence-electron chi connectivity index (χ3n) is 3.83. The van der Waals surface area contributed by atoms with E-state index in [2.05, 4.69) is 18.0 Å². The molecule has 0 aromatic heterocycles. The highest BCUT2D eigenvalue weighted by atomic mass is 35.5. The van der Waals surface area contributed by atoms with Gasteiger partial charge in [0.1, 0.15) is 0 Å². The molecule has 1 aromatic rings. The van der Waals surface area contributed by atoms with Gasteiger partial charge in [-0.1, -0.05) is 43.0 Å². The Morgan fingerprint density at radius 3 is 2.83 bits per heavy atom. The Hall–Kier alpha value is -0.570. The Morgan fingerprint density at radius 2 is 2.06 bits per heavy atom. The number of nitrogens with zero attached hydrogens (tertiary/aromatic N) is 1. The number of aliphatic hydroxyl groups excluding tert-OH is 1. The summed E-state index contributed by atoms with van der Waals surface area (Å²) in [5, 5.41) is 11.0. The molecule has 2 rings (SSSR count). The molecule has 0 saturated heterocycles. The van der Waals surface area contributed by atoms with Gasteiger partial charge < -0.3 is 5.11 Å². The summed E-state index contributed by atoms with van der Waals surface area (Å²) < 4.78 is 0. The van der Waals surface area contributed by atoms with Gasteiger partial charge in [-0.2, -0.15) is 0 Å². The Labute approximate surface area is 115 Å². The molecule has 1 aliphatic carbocycles. The molecule has 1 fully saturated rings. The fourth-order valence-electron chi connectivity index (χ4n) is 2.82. The summed E-state index contributed by atoms with van der Waals surface area (Å²) in [5.41, 5.74) is 1.21. The minimum Gasteiger partial charge on any atom is -0.391 e. The number of likely N-dealkylation sites (N-methyl/N-ethyl adjacent to an activating group) is 1. The first-order valence-corrected chi connectivity index (χ1v) is 7.17. The van der Waals surface area contributed by atoms with Crippen molar-refractivity contribution in [1.29, 1.82) is 0 Å². The van der Waals surface area contributed by atoms with Crippen molar-refractivity contribution in [1.82, 2.24) is 4.90 Å². The van der Waals surface area contributed by atoms with Gasteiger partial charge in [0.15, 0.2) is 0 Å². The molecule has 0 radical (unpaired) electrons. The largest absolute Gasteiger partial charge is 0.391 e. The summed E-state index contributed by atoms with van der Waals surface area (Å²) in [7, 11) is 2.10. The van der Waals surface area contributed by atoms with Gasteiger partial charge in [-0.25, -0.2) is 0 Å². The number of halogens is 1. The molecule has 0 bridgehead atoms. The Morgan fingerprint density at radius 1 is 1.28 bits per heavy atom. The molecule has 0 heterocycles. The van der Waals surface area contributed by atoms with E-state index in [9.17, 15) is 5.11 Å². The minimum absolute atomic E-state index is 0.184. The average molecular weight is 268 g/mol. The Bertz CT molecular complexity index is 383. The van der Waals surface area contributed by atoms with Crippen LogP contribution >= 0.6 is 11.6 Å². The van der Waals surface area contributed by atoms with Gasteiger partial charge in [0.05, 0.1) is 6.10 Å². The van der Waals surface area contributed by atoms with Crippen LogP contribution in [0.1, 0.15) is 37.7 Å². The van der Waals surface area contributed by atoms with Gasteiger partial charge >= 0.3 is 0 Å². The molecular formula is C15H22ClNO. The van der Waals surface area contributed by atoms with Gasteiger partial charge in [0, 0.05) is 17.6 Å². The zero-order chi connectivity index (χ0) is 13.0. The van der Waals surface area contributed by atoms with Gasteiger partial charge in [-0.15, -0.1) is 0 Å². The van der Waals surface area contributed by atoms with Crippen LogP contribution < -0.4 is 0 Å². The number of rotatable bonds is 3. The summed E-state index contributed by atoms with van der Waals surface area (Å²) in [4.78, 5) is 2.27. The van der Waals surface area contributed by atoms with E-state index < -0.39 is 0 Å². The molecule has 0 aliphatic heterocycles. The number of hydrogen-bond donors (Lipinski definition) is 1. The van der Waals surface area contributed by atoms with Crippen molar-refractivity contribution >= 4 is 11.6 Å². The predicted molar refractivity (Wildman–Crippen MR) is 75.8 cm³/mol. The van der Waals surface area contributed by atoms with Crippen molar-refractivity contribution < 1.29 is 5.11 Å². The number of hydrogen-bond acceptors (Lipinski definition) is 2. The lowest BCUT2D eigenvalue weighted by Gasteiger charge is -2.30.